The van der Waals surface area contributed by atoms with Gasteiger partial charge in [0, 0.05) is 38.6 Å². The molecule has 2 aromatic heterocycles. The predicted octanol–water partition coefficient (Wildman–Crippen LogP) is 1.55. The third kappa shape index (κ3) is 3.56. The van der Waals surface area contributed by atoms with E-state index in [0.29, 0.717) is 25.3 Å². The molecule has 0 aliphatic carbocycles. The molecule has 132 valence electrons. The zero-order valence-electron chi connectivity index (χ0n) is 14.4. The highest BCUT2D eigenvalue weighted by atomic mass is 16.2. The number of amides is 1. The van der Waals surface area contributed by atoms with Gasteiger partial charge in [-0.3, -0.25) is 4.79 Å². The topological polar surface area (TPSA) is 67.2 Å². The Morgan fingerprint density at radius 3 is 2.27 bits per heavy atom. The van der Waals surface area contributed by atoms with Crippen molar-refractivity contribution in [3.8, 4) is 5.82 Å². The maximum atomic E-state index is 12.5. The van der Waals surface area contributed by atoms with Gasteiger partial charge in [-0.15, -0.1) is 10.2 Å². The minimum absolute atomic E-state index is 0.177. The number of carbonyl (C=O) groups is 1. The van der Waals surface area contributed by atoms with Crippen LogP contribution in [0, 0.1) is 0 Å². The molecule has 0 N–H and O–H groups in total. The highest BCUT2D eigenvalue weighted by Crippen LogP contribution is 2.14. The van der Waals surface area contributed by atoms with E-state index in [2.05, 4.69) is 20.2 Å². The fourth-order valence-electron chi connectivity index (χ4n) is 3.08. The Balaban J connectivity index is 1.34. The zero-order chi connectivity index (χ0) is 17.8. The molecular formula is C19H20N6O. The van der Waals surface area contributed by atoms with Crippen molar-refractivity contribution in [1.29, 1.82) is 0 Å². The van der Waals surface area contributed by atoms with Crippen LogP contribution in [-0.2, 0) is 11.2 Å². The van der Waals surface area contributed by atoms with Gasteiger partial charge in [0.15, 0.2) is 11.6 Å². The van der Waals surface area contributed by atoms with Crippen LogP contribution in [0.3, 0.4) is 0 Å². The number of hydrogen-bond donors (Lipinski definition) is 0. The first kappa shape index (κ1) is 16.3. The fourth-order valence-corrected chi connectivity index (χ4v) is 3.08. The summed E-state index contributed by atoms with van der Waals surface area (Å²) in [6.07, 6.45) is 4.00. The Labute approximate surface area is 151 Å². The van der Waals surface area contributed by atoms with Gasteiger partial charge in [-0.25, -0.2) is 4.68 Å². The lowest BCUT2D eigenvalue weighted by Gasteiger charge is -2.35. The molecule has 0 radical (unpaired) electrons. The lowest BCUT2D eigenvalue weighted by atomic mass is 10.1. The predicted molar refractivity (Wildman–Crippen MR) is 98.1 cm³/mol. The Hall–Kier alpha value is -3.22. The first-order valence-electron chi connectivity index (χ1n) is 8.70. The first-order chi connectivity index (χ1) is 12.8. The molecule has 1 saturated heterocycles. The van der Waals surface area contributed by atoms with Crippen molar-refractivity contribution < 1.29 is 4.79 Å². The molecular weight excluding hydrogens is 328 g/mol. The zero-order valence-corrected chi connectivity index (χ0v) is 14.4. The number of carbonyl (C=O) groups excluding carboxylic acids is 1. The Bertz CT molecular complexity index is 840. The smallest absolute Gasteiger partial charge is 0.227 e. The molecule has 3 heterocycles. The summed E-state index contributed by atoms with van der Waals surface area (Å²) < 4.78 is 1.68. The van der Waals surface area contributed by atoms with E-state index < -0.39 is 0 Å². The maximum Gasteiger partial charge on any atom is 0.227 e. The first-order valence-corrected chi connectivity index (χ1v) is 8.70. The van der Waals surface area contributed by atoms with E-state index in [1.807, 2.05) is 59.6 Å². The van der Waals surface area contributed by atoms with Crippen LogP contribution in [0.1, 0.15) is 5.56 Å². The van der Waals surface area contributed by atoms with Crippen molar-refractivity contribution in [2.45, 2.75) is 6.42 Å². The van der Waals surface area contributed by atoms with Crippen LogP contribution in [0.25, 0.3) is 5.82 Å². The molecule has 4 rings (SSSR count). The number of piperazine rings is 1. The van der Waals surface area contributed by atoms with Crippen LogP contribution in [0.2, 0.25) is 0 Å². The molecule has 1 aliphatic heterocycles. The van der Waals surface area contributed by atoms with Crippen molar-refractivity contribution >= 4 is 11.7 Å². The number of anilines is 1. The molecule has 7 heteroatoms. The van der Waals surface area contributed by atoms with E-state index in [0.717, 1.165) is 24.5 Å². The normalized spacial score (nSPS) is 14.5. The van der Waals surface area contributed by atoms with Gasteiger partial charge in [0.05, 0.1) is 6.42 Å². The summed E-state index contributed by atoms with van der Waals surface area (Å²) in [5.41, 5.74) is 1.06. The quantitative estimate of drug-likeness (QED) is 0.716. The van der Waals surface area contributed by atoms with Crippen LogP contribution in [0.5, 0.6) is 0 Å². The molecule has 0 saturated carbocycles. The average Bonchev–Trinajstić information content (AvgIpc) is 3.24. The number of aromatic nitrogens is 4. The molecule has 3 aromatic rings. The molecule has 26 heavy (non-hydrogen) atoms. The maximum absolute atomic E-state index is 12.5. The van der Waals surface area contributed by atoms with Crippen molar-refractivity contribution in [3.05, 3.63) is 66.5 Å². The van der Waals surface area contributed by atoms with Gasteiger partial charge >= 0.3 is 0 Å². The summed E-state index contributed by atoms with van der Waals surface area (Å²) in [7, 11) is 0. The summed E-state index contributed by atoms with van der Waals surface area (Å²) >= 11 is 0. The molecule has 0 bridgehead atoms. The van der Waals surface area contributed by atoms with E-state index in [-0.39, 0.29) is 5.91 Å². The molecule has 0 unspecified atom stereocenters. The number of rotatable bonds is 4. The van der Waals surface area contributed by atoms with Crippen molar-refractivity contribution in [2.24, 2.45) is 0 Å². The minimum atomic E-state index is 0.177. The molecule has 1 aromatic carbocycles. The molecule has 0 atom stereocenters. The second-order valence-corrected chi connectivity index (χ2v) is 6.23. The van der Waals surface area contributed by atoms with Gasteiger partial charge in [-0.1, -0.05) is 30.3 Å². The van der Waals surface area contributed by atoms with Crippen LogP contribution in [0.15, 0.2) is 60.9 Å². The Morgan fingerprint density at radius 1 is 0.885 bits per heavy atom. The van der Waals surface area contributed by atoms with Crippen molar-refractivity contribution in [2.75, 3.05) is 31.1 Å². The third-order valence-corrected chi connectivity index (χ3v) is 4.53. The van der Waals surface area contributed by atoms with Crippen LogP contribution < -0.4 is 4.90 Å². The highest BCUT2D eigenvalue weighted by Gasteiger charge is 2.22. The van der Waals surface area contributed by atoms with E-state index in [1.54, 1.807) is 10.9 Å². The molecule has 1 aliphatic rings. The third-order valence-electron chi connectivity index (χ3n) is 4.53. The van der Waals surface area contributed by atoms with Crippen LogP contribution in [0.4, 0.5) is 5.82 Å². The van der Waals surface area contributed by atoms with Gasteiger partial charge in [-0.05, 0) is 23.8 Å². The lowest BCUT2D eigenvalue weighted by molar-refractivity contribution is -0.130. The molecule has 1 amide bonds. The van der Waals surface area contributed by atoms with Gasteiger partial charge in [0.1, 0.15) is 0 Å². The monoisotopic (exact) mass is 348 g/mol. The Morgan fingerprint density at radius 2 is 1.62 bits per heavy atom. The summed E-state index contributed by atoms with van der Waals surface area (Å²) in [4.78, 5) is 16.5. The standard InChI is InChI=1S/C19H20N6O/c26-19(15-16-5-2-1-3-6-16)24-13-11-23(12-14-24)17-7-8-18(22-21-17)25-10-4-9-20-25/h1-10H,11-15H2. The summed E-state index contributed by atoms with van der Waals surface area (Å²) in [5.74, 6) is 1.70. The van der Waals surface area contributed by atoms with Crippen LogP contribution >= 0.6 is 0 Å². The second kappa shape index (κ2) is 7.35. The van der Waals surface area contributed by atoms with Crippen molar-refractivity contribution in [1.82, 2.24) is 24.9 Å². The average molecular weight is 348 g/mol. The van der Waals surface area contributed by atoms with E-state index >= 15 is 0 Å². The number of benzene rings is 1. The lowest BCUT2D eigenvalue weighted by Crippen LogP contribution is -2.49. The van der Waals surface area contributed by atoms with Gasteiger partial charge in [-0.2, -0.15) is 5.10 Å². The van der Waals surface area contributed by atoms with Crippen molar-refractivity contribution in [3.63, 3.8) is 0 Å². The van der Waals surface area contributed by atoms with Gasteiger partial charge < -0.3 is 9.80 Å². The van der Waals surface area contributed by atoms with E-state index in [4.69, 9.17) is 0 Å². The van der Waals surface area contributed by atoms with E-state index in [1.165, 1.54) is 0 Å². The second-order valence-electron chi connectivity index (χ2n) is 6.23. The summed E-state index contributed by atoms with van der Waals surface area (Å²) in [5, 5.41) is 12.7. The molecule has 0 spiro atoms. The van der Waals surface area contributed by atoms with E-state index in [9.17, 15) is 4.79 Å². The Kier molecular flexibility index (Phi) is 4.59. The van der Waals surface area contributed by atoms with Gasteiger partial charge in [0.2, 0.25) is 5.91 Å². The SMILES string of the molecule is O=C(Cc1ccccc1)N1CCN(c2ccc(-n3cccn3)nn2)CC1. The summed E-state index contributed by atoms with van der Waals surface area (Å²) in [6, 6.07) is 15.6. The fraction of sp³-hybridized carbons (Fsp3) is 0.263. The van der Waals surface area contributed by atoms with Crippen LogP contribution in [-0.4, -0.2) is 57.0 Å². The summed E-state index contributed by atoms with van der Waals surface area (Å²) in [6.45, 7) is 2.93. The largest absolute Gasteiger partial charge is 0.352 e. The molecule has 1 fully saturated rings. The van der Waals surface area contributed by atoms with Gasteiger partial charge in [0.25, 0.3) is 0 Å². The number of nitrogens with zero attached hydrogens (tertiary/aromatic N) is 6. The number of hydrogen-bond acceptors (Lipinski definition) is 5. The highest BCUT2D eigenvalue weighted by molar-refractivity contribution is 5.79. The molecule has 7 nitrogen and oxygen atoms in total. The minimum Gasteiger partial charge on any atom is -0.352 e.